The second-order valence-electron chi connectivity index (χ2n) is 7.30. The van der Waals surface area contributed by atoms with E-state index in [2.05, 4.69) is 26.1 Å². The van der Waals surface area contributed by atoms with E-state index in [1.54, 1.807) is 6.07 Å². The topological polar surface area (TPSA) is 12.0 Å². The maximum absolute atomic E-state index is 14.4. The molecular formula is C19H30FN. The third kappa shape index (κ3) is 3.85. The average Bonchev–Trinajstić information content (AvgIpc) is 2.44. The van der Waals surface area contributed by atoms with Gasteiger partial charge in [0.05, 0.1) is 0 Å². The van der Waals surface area contributed by atoms with Crippen molar-refractivity contribution in [3.63, 3.8) is 0 Å². The molecule has 0 bridgehead atoms. The molecule has 0 spiro atoms. The Bertz CT molecular complexity index is 467. The third-order valence-corrected chi connectivity index (χ3v) is 5.09. The minimum absolute atomic E-state index is 0.0597. The molecule has 1 nitrogen and oxygen atoms in total. The van der Waals surface area contributed by atoms with Crippen molar-refractivity contribution in [2.24, 2.45) is 11.3 Å². The number of hydrogen-bond acceptors (Lipinski definition) is 1. The van der Waals surface area contributed by atoms with E-state index in [0.717, 1.165) is 24.1 Å². The highest BCUT2D eigenvalue weighted by Crippen LogP contribution is 2.47. The molecule has 2 atom stereocenters. The van der Waals surface area contributed by atoms with Crippen LogP contribution in [0.15, 0.2) is 18.2 Å². The molecule has 1 N–H and O–H groups in total. The first-order valence-corrected chi connectivity index (χ1v) is 8.45. The molecular weight excluding hydrogens is 261 g/mol. The van der Waals surface area contributed by atoms with Crippen molar-refractivity contribution in [1.29, 1.82) is 0 Å². The van der Waals surface area contributed by atoms with Crippen LogP contribution >= 0.6 is 0 Å². The fraction of sp³-hybridized carbons (Fsp3) is 0.684. The zero-order valence-corrected chi connectivity index (χ0v) is 14.0. The molecule has 2 heteroatoms. The number of hydrogen-bond donors (Lipinski definition) is 1. The lowest BCUT2D eigenvalue weighted by atomic mass is 9.64. The maximum Gasteiger partial charge on any atom is 0.128 e. The van der Waals surface area contributed by atoms with Gasteiger partial charge < -0.3 is 5.32 Å². The van der Waals surface area contributed by atoms with Crippen molar-refractivity contribution < 1.29 is 4.39 Å². The molecule has 2 unspecified atom stereocenters. The molecule has 0 amide bonds. The maximum atomic E-state index is 14.4. The minimum atomic E-state index is -0.0597. The standard InChI is InChI=1S/C19H30FN/c1-5-12-21-18(15-13-14(2)9-10-17(15)20)16-8-6-7-11-19(16,3)4/h9-10,13,16,18,21H,5-8,11-12H2,1-4H3. The molecule has 1 saturated carbocycles. The van der Waals surface area contributed by atoms with Crippen LogP contribution in [0.5, 0.6) is 0 Å². The van der Waals surface area contributed by atoms with Gasteiger partial charge in [0.1, 0.15) is 5.82 Å². The van der Waals surface area contributed by atoms with Crippen LogP contribution in [0.3, 0.4) is 0 Å². The van der Waals surface area contributed by atoms with Gasteiger partial charge in [-0.1, -0.05) is 51.3 Å². The first kappa shape index (κ1) is 16.5. The lowest BCUT2D eigenvalue weighted by Crippen LogP contribution is -2.39. The summed E-state index contributed by atoms with van der Waals surface area (Å²) < 4.78 is 14.4. The van der Waals surface area contributed by atoms with Gasteiger partial charge in [-0.2, -0.15) is 0 Å². The van der Waals surface area contributed by atoms with Crippen LogP contribution in [0, 0.1) is 24.1 Å². The second kappa shape index (κ2) is 6.91. The van der Waals surface area contributed by atoms with Crippen molar-refractivity contribution >= 4 is 0 Å². The first-order valence-electron chi connectivity index (χ1n) is 8.45. The van der Waals surface area contributed by atoms with Crippen molar-refractivity contribution in [2.75, 3.05) is 6.54 Å². The summed E-state index contributed by atoms with van der Waals surface area (Å²) in [7, 11) is 0. The summed E-state index contributed by atoms with van der Waals surface area (Å²) in [5.41, 5.74) is 2.28. The second-order valence-corrected chi connectivity index (χ2v) is 7.30. The number of halogens is 1. The van der Waals surface area contributed by atoms with Gasteiger partial charge in [-0.25, -0.2) is 4.39 Å². The molecule has 0 aliphatic heterocycles. The van der Waals surface area contributed by atoms with Crippen LogP contribution in [0.4, 0.5) is 4.39 Å². The summed E-state index contributed by atoms with van der Waals surface area (Å²) in [5, 5.41) is 3.64. The van der Waals surface area contributed by atoms with Gasteiger partial charge in [-0.3, -0.25) is 0 Å². The Kier molecular flexibility index (Phi) is 5.43. The molecule has 1 aliphatic rings. The molecule has 1 aromatic rings. The minimum Gasteiger partial charge on any atom is -0.310 e. The summed E-state index contributed by atoms with van der Waals surface area (Å²) in [6, 6.07) is 5.66. The highest BCUT2D eigenvalue weighted by Gasteiger charge is 2.38. The number of aryl methyl sites for hydroxylation is 1. The molecule has 2 rings (SSSR count). The molecule has 21 heavy (non-hydrogen) atoms. The highest BCUT2D eigenvalue weighted by molar-refractivity contribution is 5.28. The van der Waals surface area contributed by atoms with Gasteiger partial charge >= 0.3 is 0 Å². The third-order valence-electron chi connectivity index (χ3n) is 5.09. The average molecular weight is 291 g/mol. The number of benzene rings is 1. The van der Waals surface area contributed by atoms with Crippen LogP contribution in [0.1, 0.15) is 70.0 Å². The lowest BCUT2D eigenvalue weighted by Gasteiger charge is -2.44. The Hall–Kier alpha value is -0.890. The summed E-state index contributed by atoms with van der Waals surface area (Å²) in [6.07, 6.45) is 6.10. The Labute approximate surface area is 129 Å². The monoisotopic (exact) mass is 291 g/mol. The molecule has 1 aliphatic carbocycles. The van der Waals surface area contributed by atoms with Gasteiger partial charge in [0.15, 0.2) is 0 Å². The van der Waals surface area contributed by atoms with E-state index in [0.29, 0.717) is 5.92 Å². The van der Waals surface area contributed by atoms with Crippen molar-refractivity contribution in [2.45, 2.75) is 65.8 Å². The Balaban J connectivity index is 2.35. The molecule has 1 aromatic carbocycles. The van der Waals surface area contributed by atoms with Gasteiger partial charge in [-0.15, -0.1) is 0 Å². The molecule has 118 valence electrons. The van der Waals surface area contributed by atoms with Crippen LogP contribution in [-0.4, -0.2) is 6.54 Å². The van der Waals surface area contributed by atoms with E-state index >= 15 is 0 Å². The van der Waals surface area contributed by atoms with Crippen LogP contribution in [-0.2, 0) is 0 Å². The molecule has 0 saturated heterocycles. The van der Waals surface area contributed by atoms with E-state index in [4.69, 9.17) is 0 Å². The van der Waals surface area contributed by atoms with E-state index in [-0.39, 0.29) is 17.3 Å². The van der Waals surface area contributed by atoms with Crippen molar-refractivity contribution in [3.05, 3.63) is 35.1 Å². The van der Waals surface area contributed by atoms with E-state index < -0.39 is 0 Å². The van der Waals surface area contributed by atoms with Gasteiger partial charge in [0, 0.05) is 11.6 Å². The van der Waals surface area contributed by atoms with Crippen LogP contribution in [0.25, 0.3) is 0 Å². The van der Waals surface area contributed by atoms with E-state index in [9.17, 15) is 4.39 Å². The quantitative estimate of drug-likeness (QED) is 0.766. The lowest BCUT2D eigenvalue weighted by molar-refractivity contribution is 0.0967. The fourth-order valence-corrected chi connectivity index (χ4v) is 3.81. The zero-order chi connectivity index (χ0) is 15.5. The number of rotatable bonds is 5. The first-order chi connectivity index (χ1) is 9.95. The van der Waals surface area contributed by atoms with Crippen LogP contribution in [0.2, 0.25) is 0 Å². The normalized spacial score (nSPS) is 23.0. The molecule has 1 fully saturated rings. The summed E-state index contributed by atoms with van der Waals surface area (Å²) in [4.78, 5) is 0. The fourth-order valence-electron chi connectivity index (χ4n) is 3.81. The summed E-state index contributed by atoms with van der Waals surface area (Å²) in [6.45, 7) is 9.87. The van der Waals surface area contributed by atoms with E-state index in [1.165, 1.54) is 25.7 Å². The molecule has 0 heterocycles. The van der Waals surface area contributed by atoms with Crippen molar-refractivity contribution in [3.8, 4) is 0 Å². The predicted molar refractivity (Wildman–Crippen MR) is 87.9 cm³/mol. The Morgan fingerprint density at radius 1 is 1.33 bits per heavy atom. The van der Waals surface area contributed by atoms with Crippen molar-refractivity contribution in [1.82, 2.24) is 5.32 Å². The summed E-state index contributed by atoms with van der Waals surface area (Å²) in [5.74, 6) is 0.449. The largest absolute Gasteiger partial charge is 0.310 e. The van der Waals surface area contributed by atoms with Gasteiger partial charge in [0.2, 0.25) is 0 Å². The van der Waals surface area contributed by atoms with E-state index in [1.807, 2.05) is 19.1 Å². The smallest absolute Gasteiger partial charge is 0.128 e. The SMILES string of the molecule is CCCNC(c1cc(C)ccc1F)C1CCCCC1(C)C. The number of nitrogens with one attached hydrogen (secondary N) is 1. The van der Waals surface area contributed by atoms with Gasteiger partial charge in [0.25, 0.3) is 0 Å². The van der Waals surface area contributed by atoms with Crippen LogP contribution < -0.4 is 5.32 Å². The Morgan fingerprint density at radius 2 is 2.10 bits per heavy atom. The Morgan fingerprint density at radius 3 is 2.76 bits per heavy atom. The molecule has 0 aromatic heterocycles. The summed E-state index contributed by atoms with van der Waals surface area (Å²) >= 11 is 0. The zero-order valence-electron chi connectivity index (χ0n) is 14.0. The molecule has 0 radical (unpaired) electrons. The predicted octanol–water partition coefficient (Wildman–Crippen LogP) is 5.39. The van der Waals surface area contributed by atoms with Gasteiger partial charge in [-0.05, 0) is 50.1 Å². The highest BCUT2D eigenvalue weighted by atomic mass is 19.1.